The van der Waals surface area contributed by atoms with Gasteiger partial charge in [-0.25, -0.2) is 13.2 Å². The largest absolute Gasteiger partial charge is 0.372 e. The number of nitrogens with zero attached hydrogens (tertiary/aromatic N) is 2. The second-order valence-electron chi connectivity index (χ2n) is 7.84. The molecule has 1 atom stereocenters. The van der Waals surface area contributed by atoms with Crippen LogP contribution in [0, 0.1) is 0 Å². The van der Waals surface area contributed by atoms with Gasteiger partial charge >= 0.3 is 6.03 Å². The zero-order valence-corrected chi connectivity index (χ0v) is 17.9. The Morgan fingerprint density at radius 2 is 1.73 bits per heavy atom. The van der Waals surface area contributed by atoms with Crippen LogP contribution in [0.4, 0.5) is 16.2 Å². The summed E-state index contributed by atoms with van der Waals surface area (Å²) < 4.78 is 22.6. The highest BCUT2D eigenvalue weighted by Crippen LogP contribution is 2.21. The first-order chi connectivity index (χ1) is 14.2. The average Bonchev–Trinajstić information content (AvgIpc) is 2.87. The highest BCUT2D eigenvalue weighted by molar-refractivity contribution is 7.90. The number of urea groups is 1. The summed E-state index contributed by atoms with van der Waals surface area (Å²) in [5.41, 5.74) is 1.69. The van der Waals surface area contributed by atoms with Crippen LogP contribution in [0.2, 0.25) is 0 Å². The van der Waals surface area contributed by atoms with E-state index in [1.807, 2.05) is 12.1 Å². The van der Waals surface area contributed by atoms with Crippen molar-refractivity contribution < 1.29 is 22.8 Å². The van der Waals surface area contributed by atoms with Crippen LogP contribution in [-0.2, 0) is 19.4 Å². The van der Waals surface area contributed by atoms with Crippen LogP contribution in [0.15, 0.2) is 24.3 Å². The third kappa shape index (κ3) is 5.94. The Bertz CT molecular complexity index is 892. The molecule has 10 heteroatoms. The van der Waals surface area contributed by atoms with Crippen molar-refractivity contribution in [1.82, 2.24) is 10.2 Å². The normalized spacial score (nSPS) is 20.1. The SMILES string of the molecule is CS(=O)(=O)CCC1NC(=O)N(CC(=O)Nc2ccc(N3CCCCCC3)cc2)C1=O. The van der Waals surface area contributed by atoms with E-state index in [0.717, 1.165) is 29.9 Å². The van der Waals surface area contributed by atoms with Crippen molar-refractivity contribution in [2.45, 2.75) is 38.1 Å². The Morgan fingerprint density at radius 1 is 1.10 bits per heavy atom. The molecule has 2 aliphatic rings. The Morgan fingerprint density at radius 3 is 2.33 bits per heavy atom. The van der Waals surface area contributed by atoms with Gasteiger partial charge in [0.05, 0.1) is 5.75 Å². The minimum absolute atomic E-state index is 0.0144. The molecule has 164 valence electrons. The molecule has 2 saturated heterocycles. The topological polar surface area (TPSA) is 116 Å². The molecule has 3 rings (SSSR count). The highest BCUT2D eigenvalue weighted by atomic mass is 32.2. The number of anilines is 2. The number of benzene rings is 1. The van der Waals surface area contributed by atoms with Crippen molar-refractivity contribution in [2.75, 3.05) is 41.9 Å². The Kier molecular flexibility index (Phi) is 6.96. The van der Waals surface area contributed by atoms with Gasteiger partial charge in [-0.1, -0.05) is 12.8 Å². The molecule has 1 aromatic rings. The van der Waals surface area contributed by atoms with Crippen molar-refractivity contribution in [1.29, 1.82) is 0 Å². The number of amides is 4. The Labute approximate surface area is 176 Å². The maximum absolute atomic E-state index is 12.3. The summed E-state index contributed by atoms with van der Waals surface area (Å²) in [5.74, 6) is -1.30. The van der Waals surface area contributed by atoms with Crippen LogP contribution in [0.1, 0.15) is 32.1 Å². The Balaban J connectivity index is 1.53. The van der Waals surface area contributed by atoms with E-state index < -0.39 is 40.3 Å². The maximum Gasteiger partial charge on any atom is 0.325 e. The lowest BCUT2D eigenvalue weighted by Crippen LogP contribution is -2.38. The number of hydrogen-bond acceptors (Lipinski definition) is 6. The fourth-order valence-electron chi connectivity index (χ4n) is 3.68. The molecule has 1 unspecified atom stereocenters. The van der Waals surface area contributed by atoms with Crippen LogP contribution in [-0.4, -0.2) is 68.8 Å². The van der Waals surface area contributed by atoms with Gasteiger partial charge in [0.25, 0.3) is 5.91 Å². The summed E-state index contributed by atoms with van der Waals surface area (Å²) >= 11 is 0. The lowest BCUT2D eigenvalue weighted by Gasteiger charge is -2.22. The first-order valence-electron chi connectivity index (χ1n) is 10.2. The molecule has 2 N–H and O–H groups in total. The van der Waals surface area contributed by atoms with E-state index in [1.165, 1.54) is 25.7 Å². The zero-order valence-electron chi connectivity index (χ0n) is 17.1. The second-order valence-corrected chi connectivity index (χ2v) is 10.1. The molecule has 2 aliphatic heterocycles. The number of carbonyl (C=O) groups is 3. The third-order valence-corrected chi connectivity index (χ3v) is 6.29. The lowest BCUT2D eigenvalue weighted by molar-refractivity contribution is -0.130. The molecule has 2 heterocycles. The second kappa shape index (κ2) is 9.46. The molecule has 0 aromatic heterocycles. The van der Waals surface area contributed by atoms with Crippen molar-refractivity contribution in [3.05, 3.63) is 24.3 Å². The molecule has 0 bridgehead atoms. The predicted molar refractivity (Wildman–Crippen MR) is 114 cm³/mol. The van der Waals surface area contributed by atoms with E-state index in [4.69, 9.17) is 0 Å². The van der Waals surface area contributed by atoms with Crippen LogP contribution >= 0.6 is 0 Å². The van der Waals surface area contributed by atoms with Gasteiger partial charge in [0.15, 0.2) is 0 Å². The maximum atomic E-state index is 12.3. The third-order valence-electron chi connectivity index (χ3n) is 5.31. The number of carbonyl (C=O) groups excluding carboxylic acids is 3. The molecule has 30 heavy (non-hydrogen) atoms. The van der Waals surface area contributed by atoms with Crippen LogP contribution in [0.25, 0.3) is 0 Å². The first kappa shape index (κ1) is 22.1. The van der Waals surface area contributed by atoms with Gasteiger partial charge in [-0.05, 0) is 43.5 Å². The fraction of sp³-hybridized carbons (Fsp3) is 0.550. The van der Waals surface area contributed by atoms with E-state index in [1.54, 1.807) is 12.1 Å². The quantitative estimate of drug-likeness (QED) is 0.624. The zero-order chi connectivity index (χ0) is 21.7. The van der Waals surface area contributed by atoms with E-state index >= 15 is 0 Å². The van der Waals surface area contributed by atoms with E-state index in [9.17, 15) is 22.8 Å². The van der Waals surface area contributed by atoms with E-state index in [0.29, 0.717) is 5.69 Å². The summed E-state index contributed by atoms with van der Waals surface area (Å²) in [4.78, 5) is 39.8. The molecule has 1 aromatic carbocycles. The molecular formula is C20H28N4O5S. The fourth-order valence-corrected chi connectivity index (χ4v) is 4.35. The number of rotatable bonds is 7. The molecule has 0 radical (unpaired) electrons. The average molecular weight is 437 g/mol. The van der Waals surface area contributed by atoms with Crippen LogP contribution in [0.5, 0.6) is 0 Å². The molecule has 0 saturated carbocycles. The predicted octanol–water partition coefficient (Wildman–Crippen LogP) is 1.36. The minimum Gasteiger partial charge on any atom is -0.372 e. The smallest absolute Gasteiger partial charge is 0.325 e. The highest BCUT2D eigenvalue weighted by Gasteiger charge is 2.39. The number of sulfone groups is 1. The van der Waals surface area contributed by atoms with Gasteiger partial charge in [-0.2, -0.15) is 0 Å². The molecule has 9 nitrogen and oxygen atoms in total. The van der Waals surface area contributed by atoms with Gasteiger partial charge in [-0.15, -0.1) is 0 Å². The molecule has 0 aliphatic carbocycles. The minimum atomic E-state index is -3.25. The Hall–Kier alpha value is -2.62. The summed E-state index contributed by atoms with van der Waals surface area (Å²) in [6.45, 7) is 1.63. The van der Waals surface area contributed by atoms with E-state index in [-0.39, 0.29) is 12.2 Å². The van der Waals surface area contributed by atoms with Crippen molar-refractivity contribution in [2.24, 2.45) is 0 Å². The summed E-state index contributed by atoms with van der Waals surface area (Å²) in [5, 5.41) is 5.13. The van der Waals surface area contributed by atoms with Gasteiger partial charge in [0.2, 0.25) is 5.91 Å². The standard InChI is InChI=1S/C20H28N4O5S/c1-30(28,29)13-10-17-19(26)24(20(27)22-17)14-18(25)21-15-6-8-16(9-7-15)23-11-4-2-3-5-12-23/h6-9,17H,2-5,10-14H2,1H3,(H,21,25)(H,22,27). The summed E-state index contributed by atoms with van der Waals surface area (Å²) in [6.07, 6.45) is 5.91. The lowest BCUT2D eigenvalue weighted by atomic mass is 10.2. The molecular weight excluding hydrogens is 408 g/mol. The monoisotopic (exact) mass is 436 g/mol. The summed E-state index contributed by atoms with van der Waals surface area (Å²) in [6, 6.07) is 5.90. The van der Waals surface area contributed by atoms with Gasteiger partial charge < -0.3 is 15.5 Å². The van der Waals surface area contributed by atoms with Gasteiger partial charge in [0, 0.05) is 30.7 Å². The number of imide groups is 1. The van der Waals surface area contributed by atoms with Crippen molar-refractivity contribution in [3.63, 3.8) is 0 Å². The summed E-state index contributed by atoms with van der Waals surface area (Å²) in [7, 11) is -3.25. The van der Waals surface area contributed by atoms with E-state index in [2.05, 4.69) is 15.5 Å². The van der Waals surface area contributed by atoms with Crippen LogP contribution < -0.4 is 15.5 Å². The van der Waals surface area contributed by atoms with Crippen LogP contribution in [0.3, 0.4) is 0 Å². The van der Waals surface area contributed by atoms with Gasteiger partial charge in [0.1, 0.15) is 22.4 Å². The molecule has 0 spiro atoms. The molecule has 2 fully saturated rings. The van der Waals surface area contributed by atoms with Crippen molar-refractivity contribution >= 4 is 39.1 Å². The number of hydrogen-bond donors (Lipinski definition) is 2. The first-order valence-corrected chi connectivity index (χ1v) is 12.2. The van der Waals surface area contributed by atoms with Crippen molar-refractivity contribution in [3.8, 4) is 0 Å². The molecule has 4 amide bonds. The number of nitrogens with one attached hydrogen (secondary N) is 2. The van der Waals surface area contributed by atoms with Gasteiger partial charge in [-0.3, -0.25) is 14.5 Å².